The van der Waals surface area contributed by atoms with Crippen LogP contribution in [0.25, 0.3) is 0 Å². The smallest absolute Gasteiger partial charge is 0.244 e. The number of piperidine rings is 1. The fraction of sp³-hybridized carbons (Fsp3) is 0.458. The molecule has 0 radical (unpaired) electrons. The molecule has 2 aromatic carbocycles. The molecule has 1 unspecified atom stereocenters. The molecule has 3 rings (SSSR count). The number of hydrogen-bond donors (Lipinski definition) is 1. The van der Waals surface area contributed by atoms with Crippen LogP contribution in [0.15, 0.2) is 42.5 Å². The molecular weight excluding hydrogens is 481 g/mol. The Morgan fingerprint density at radius 2 is 1.70 bits per heavy atom. The molecule has 1 amide bonds. The number of amides is 1. The first-order valence-electron chi connectivity index (χ1n) is 11.2. The number of rotatable bonds is 9. The second-order valence-electron chi connectivity index (χ2n) is 8.49. The Morgan fingerprint density at radius 3 is 2.30 bits per heavy atom. The van der Waals surface area contributed by atoms with Gasteiger partial charge in [-0.1, -0.05) is 60.8 Å². The number of benzene rings is 2. The standard InChI is InChI=1S/C24H31Cl2N3O3S/c1-3-23(29(33(2,31)32)22-14-20(25)13-21(26)15-22)24(30)27-16-18-8-7-9-19(12-18)17-28-10-5-4-6-11-28/h7-9,12-15,23H,3-6,10-11,16-17H2,1-2H3,(H,27,30). The van der Waals surface area contributed by atoms with Crippen molar-refractivity contribution in [3.8, 4) is 0 Å². The van der Waals surface area contributed by atoms with E-state index >= 15 is 0 Å². The van der Waals surface area contributed by atoms with Crippen LogP contribution < -0.4 is 9.62 Å². The summed E-state index contributed by atoms with van der Waals surface area (Å²) >= 11 is 12.2. The summed E-state index contributed by atoms with van der Waals surface area (Å²) in [7, 11) is -3.76. The minimum atomic E-state index is -3.76. The molecule has 1 fully saturated rings. The van der Waals surface area contributed by atoms with Crippen molar-refractivity contribution in [1.29, 1.82) is 0 Å². The van der Waals surface area contributed by atoms with E-state index in [-0.39, 0.29) is 18.0 Å². The van der Waals surface area contributed by atoms with Crippen LogP contribution in [0.4, 0.5) is 5.69 Å². The van der Waals surface area contributed by atoms with E-state index in [0.29, 0.717) is 16.6 Å². The summed E-state index contributed by atoms with van der Waals surface area (Å²) in [6, 6.07) is 11.7. The van der Waals surface area contributed by atoms with E-state index in [1.807, 2.05) is 12.1 Å². The first-order chi connectivity index (χ1) is 15.7. The first kappa shape index (κ1) is 25.8. The number of carbonyl (C=O) groups excluding carboxylic acids is 1. The number of carbonyl (C=O) groups is 1. The second-order valence-corrected chi connectivity index (χ2v) is 11.2. The zero-order chi connectivity index (χ0) is 24.0. The van der Waals surface area contributed by atoms with Gasteiger partial charge in [0.2, 0.25) is 15.9 Å². The van der Waals surface area contributed by atoms with Gasteiger partial charge in [-0.3, -0.25) is 14.0 Å². The van der Waals surface area contributed by atoms with Gasteiger partial charge in [0, 0.05) is 23.1 Å². The molecule has 2 aromatic rings. The van der Waals surface area contributed by atoms with Crippen molar-refractivity contribution in [2.45, 2.75) is 51.7 Å². The molecule has 0 spiro atoms. The van der Waals surface area contributed by atoms with Crippen molar-refractivity contribution in [2.24, 2.45) is 0 Å². The van der Waals surface area contributed by atoms with Gasteiger partial charge < -0.3 is 5.32 Å². The molecule has 33 heavy (non-hydrogen) atoms. The molecule has 1 heterocycles. The topological polar surface area (TPSA) is 69.7 Å². The number of sulfonamides is 1. The molecule has 1 atom stereocenters. The maximum Gasteiger partial charge on any atom is 0.244 e. The fourth-order valence-electron chi connectivity index (χ4n) is 4.25. The van der Waals surface area contributed by atoms with Crippen LogP contribution in [-0.4, -0.2) is 44.6 Å². The van der Waals surface area contributed by atoms with Crippen LogP contribution in [0.2, 0.25) is 10.0 Å². The molecule has 1 aliphatic heterocycles. The summed E-state index contributed by atoms with van der Waals surface area (Å²) in [6.45, 7) is 5.23. The summed E-state index contributed by atoms with van der Waals surface area (Å²) in [4.78, 5) is 15.5. The molecule has 1 saturated heterocycles. The Morgan fingerprint density at radius 1 is 1.06 bits per heavy atom. The lowest BCUT2D eigenvalue weighted by atomic mass is 10.1. The third-order valence-electron chi connectivity index (χ3n) is 5.74. The van der Waals surface area contributed by atoms with Crippen LogP contribution in [0, 0.1) is 0 Å². The molecule has 0 saturated carbocycles. The molecule has 0 aliphatic carbocycles. The Hall–Kier alpha value is -1.80. The van der Waals surface area contributed by atoms with Crippen molar-refractivity contribution in [1.82, 2.24) is 10.2 Å². The zero-order valence-corrected chi connectivity index (χ0v) is 21.4. The van der Waals surface area contributed by atoms with E-state index in [9.17, 15) is 13.2 Å². The summed E-state index contributed by atoms with van der Waals surface area (Å²) in [5.74, 6) is -0.375. The third-order valence-corrected chi connectivity index (χ3v) is 7.36. The molecule has 180 valence electrons. The third kappa shape index (κ3) is 7.34. The monoisotopic (exact) mass is 511 g/mol. The van der Waals surface area contributed by atoms with Crippen molar-refractivity contribution in [2.75, 3.05) is 23.7 Å². The van der Waals surface area contributed by atoms with Crippen LogP contribution in [0.5, 0.6) is 0 Å². The number of halogens is 2. The Labute approximate surface area is 206 Å². The summed E-state index contributed by atoms with van der Waals surface area (Å²) in [6.07, 6.45) is 5.14. The van der Waals surface area contributed by atoms with Gasteiger partial charge in [0.15, 0.2) is 0 Å². The van der Waals surface area contributed by atoms with E-state index in [0.717, 1.165) is 35.8 Å². The molecule has 0 aromatic heterocycles. The zero-order valence-electron chi connectivity index (χ0n) is 19.1. The number of nitrogens with zero attached hydrogens (tertiary/aromatic N) is 2. The number of hydrogen-bond acceptors (Lipinski definition) is 4. The molecular formula is C24H31Cl2N3O3S. The average Bonchev–Trinajstić information content (AvgIpc) is 2.75. The highest BCUT2D eigenvalue weighted by Crippen LogP contribution is 2.29. The largest absolute Gasteiger partial charge is 0.350 e. The van der Waals surface area contributed by atoms with Gasteiger partial charge in [-0.25, -0.2) is 8.42 Å². The van der Waals surface area contributed by atoms with Crippen molar-refractivity contribution in [3.63, 3.8) is 0 Å². The van der Waals surface area contributed by atoms with E-state index in [2.05, 4.69) is 22.3 Å². The van der Waals surface area contributed by atoms with Crippen LogP contribution in [0.3, 0.4) is 0 Å². The van der Waals surface area contributed by atoms with Crippen molar-refractivity contribution >= 4 is 44.8 Å². The minimum Gasteiger partial charge on any atom is -0.350 e. The first-order valence-corrected chi connectivity index (χ1v) is 13.8. The SMILES string of the molecule is CCC(C(=O)NCc1cccc(CN2CCCCC2)c1)N(c1cc(Cl)cc(Cl)c1)S(C)(=O)=O. The van der Waals surface area contributed by atoms with Gasteiger partial charge in [-0.15, -0.1) is 0 Å². The normalized spacial score (nSPS) is 15.8. The van der Waals surface area contributed by atoms with E-state index in [4.69, 9.17) is 23.2 Å². The molecule has 6 nitrogen and oxygen atoms in total. The lowest BCUT2D eigenvalue weighted by Crippen LogP contribution is -2.49. The molecule has 0 bridgehead atoms. The Kier molecular flexibility index (Phi) is 9.04. The molecule has 1 aliphatic rings. The Bertz CT molecular complexity index is 1050. The maximum atomic E-state index is 13.1. The van der Waals surface area contributed by atoms with Crippen LogP contribution in [-0.2, 0) is 27.9 Å². The highest BCUT2D eigenvalue weighted by molar-refractivity contribution is 7.92. The second kappa shape index (κ2) is 11.6. The van der Waals surface area contributed by atoms with E-state index < -0.39 is 16.1 Å². The van der Waals surface area contributed by atoms with Crippen molar-refractivity contribution in [3.05, 3.63) is 63.6 Å². The van der Waals surface area contributed by atoms with Gasteiger partial charge in [0.1, 0.15) is 6.04 Å². The lowest BCUT2D eigenvalue weighted by Gasteiger charge is -2.30. The van der Waals surface area contributed by atoms with Crippen LogP contribution in [0.1, 0.15) is 43.7 Å². The summed E-state index contributed by atoms with van der Waals surface area (Å²) < 4.78 is 26.3. The molecule has 9 heteroatoms. The van der Waals surface area contributed by atoms with Gasteiger partial charge in [-0.2, -0.15) is 0 Å². The van der Waals surface area contributed by atoms with Gasteiger partial charge >= 0.3 is 0 Å². The minimum absolute atomic E-state index is 0.264. The van der Waals surface area contributed by atoms with E-state index in [1.165, 1.54) is 43.0 Å². The quantitative estimate of drug-likeness (QED) is 0.522. The summed E-state index contributed by atoms with van der Waals surface area (Å²) in [5.41, 5.74) is 2.45. The number of likely N-dealkylation sites (tertiary alicyclic amines) is 1. The predicted molar refractivity (Wildman–Crippen MR) is 135 cm³/mol. The highest BCUT2D eigenvalue weighted by atomic mass is 35.5. The highest BCUT2D eigenvalue weighted by Gasteiger charge is 2.31. The lowest BCUT2D eigenvalue weighted by molar-refractivity contribution is -0.122. The van der Waals surface area contributed by atoms with Gasteiger partial charge in [-0.05, 0) is 61.7 Å². The maximum absolute atomic E-state index is 13.1. The van der Waals surface area contributed by atoms with Gasteiger partial charge in [0.05, 0.1) is 11.9 Å². The molecule has 1 N–H and O–H groups in total. The van der Waals surface area contributed by atoms with Crippen LogP contribution >= 0.6 is 23.2 Å². The number of anilines is 1. The average molecular weight is 513 g/mol. The number of nitrogens with one attached hydrogen (secondary N) is 1. The van der Waals surface area contributed by atoms with E-state index in [1.54, 1.807) is 6.92 Å². The van der Waals surface area contributed by atoms with Crippen molar-refractivity contribution < 1.29 is 13.2 Å². The fourth-order valence-corrected chi connectivity index (χ4v) is 5.96. The summed E-state index contributed by atoms with van der Waals surface area (Å²) in [5, 5.41) is 3.50. The van der Waals surface area contributed by atoms with Gasteiger partial charge in [0.25, 0.3) is 0 Å². The Balaban J connectivity index is 1.72. The predicted octanol–water partition coefficient (Wildman–Crippen LogP) is 4.84.